The van der Waals surface area contributed by atoms with E-state index in [1.54, 1.807) is 35.7 Å². The van der Waals surface area contributed by atoms with Gasteiger partial charge in [0.1, 0.15) is 9.96 Å². The number of anilines is 1. The molecule has 0 aliphatic heterocycles. The second-order valence-corrected chi connectivity index (χ2v) is 7.96. The lowest BCUT2D eigenvalue weighted by atomic mass is 10.3. The lowest BCUT2D eigenvalue weighted by Gasteiger charge is -2.08. The van der Waals surface area contributed by atoms with Gasteiger partial charge in [-0.3, -0.25) is 9.59 Å². The Morgan fingerprint density at radius 2 is 2.00 bits per heavy atom. The molecule has 1 amide bonds. The fourth-order valence-electron chi connectivity index (χ4n) is 1.89. The molecular weight excluding hydrogens is 380 g/mol. The smallest absolute Gasteiger partial charge is 0.307 e. The first-order chi connectivity index (χ1) is 12.4. The van der Waals surface area contributed by atoms with E-state index in [2.05, 4.69) is 10.0 Å². The number of hydrogen-bond acceptors (Lipinski definition) is 7. The van der Waals surface area contributed by atoms with Crippen molar-refractivity contribution in [2.75, 3.05) is 25.6 Å². The van der Waals surface area contributed by atoms with Gasteiger partial charge in [0.15, 0.2) is 6.61 Å². The fourth-order valence-corrected chi connectivity index (χ4v) is 3.96. The van der Waals surface area contributed by atoms with E-state index in [4.69, 9.17) is 9.47 Å². The van der Waals surface area contributed by atoms with Crippen LogP contribution < -0.4 is 14.8 Å². The molecule has 0 unspecified atom stereocenters. The van der Waals surface area contributed by atoms with E-state index in [0.717, 1.165) is 11.3 Å². The highest BCUT2D eigenvalue weighted by molar-refractivity contribution is 7.91. The summed E-state index contributed by atoms with van der Waals surface area (Å²) < 4.78 is 36.1. The summed E-state index contributed by atoms with van der Waals surface area (Å²) >= 11 is 1.08. The van der Waals surface area contributed by atoms with E-state index in [9.17, 15) is 18.0 Å². The number of nitrogens with one attached hydrogen (secondary N) is 2. The molecule has 0 bridgehead atoms. The van der Waals surface area contributed by atoms with Crippen LogP contribution >= 0.6 is 11.3 Å². The maximum atomic E-state index is 11.9. The molecular formula is C16H18N2O6S2. The molecule has 140 valence electrons. The van der Waals surface area contributed by atoms with Crippen molar-refractivity contribution < 1.29 is 27.5 Å². The minimum atomic E-state index is -3.62. The van der Waals surface area contributed by atoms with Crippen molar-refractivity contribution in [3.05, 3.63) is 41.8 Å². The molecule has 0 atom stereocenters. The Hall–Kier alpha value is -2.43. The molecule has 1 heterocycles. The topological polar surface area (TPSA) is 111 Å². The largest absolute Gasteiger partial charge is 0.497 e. The first-order valence-corrected chi connectivity index (χ1v) is 9.90. The summed E-state index contributed by atoms with van der Waals surface area (Å²) in [7, 11) is -2.11. The third kappa shape index (κ3) is 6.14. The summed E-state index contributed by atoms with van der Waals surface area (Å²) in [5.41, 5.74) is 0.508. The zero-order valence-electron chi connectivity index (χ0n) is 13.9. The van der Waals surface area contributed by atoms with Crippen LogP contribution in [0.2, 0.25) is 0 Å². The monoisotopic (exact) mass is 398 g/mol. The van der Waals surface area contributed by atoms with Crippen molar-refractivity contribution in [1.29, 1.82) is 0 Å². The molecule has 10 heteroatoms. The highest BCUT2D eigenvalue weighted by Gasteiger charge is 2.15. The molecule has 0 spiro atoms. The predicted octanol–water partition coefficient (Wildman–Crippen LogP) is 1.61. The minimum Gasteiger partial charge on any atom is -0.497 e. The summed E-state index contributed by atoms with van der Waals surface area (Å²) in [6, 6.07) is 9.82. The van der Waals surface area contributed by atoms with Crippen molar-refractivity contribution in [2.24, 2.45) is 0 Å². The highest BCUT2D eigenvalue weighted by atomic mass is 32.2. The van der Waals surface area contributed by atoms with Gasteiger partial charge in [0.2, 0.25) is 10.0 Å². The molecule has 8 nitrogen and oxygen atoms in total. The number of hydrogen-bond donors (Lipinski definition) is 2. The average molecular weight is 398 g/mol. The fraction of sp³-hybridized carbons (Fsp3) is 0.250. The minimum absolute atomic E-state index is 0.115. The van der Waals surface area contributed by atoms with Gasteiger partial charge in [-0.2, -0.15) is 0 Å². The molecule has 0 radical (unpaired) electrons. The van der Waals surface area contributed by atoms with Gasteiger partial charge in [-0.05, 0) is 23.6 Å². The third-order valence-electron chi connectivity index (χ3n) is 3.10. The zero-order chi connectivity index (χ0) is 19.0. The van der Waals surface area contributed by atoms with Crippen molar-refractivity contribution in [3.63, 3.8) is 0 Å². The number of methoxy groups -OCH3 is 1. The van der Waals surface area contributed by atoms with Gasteiger partial charge in [-0.15, -0.1) is 11.3 Å². The van der Waals surface area contributed by atoms with Gasteiger partial charge < -0.3 is 14.8 Å². The molecule has 2 rings (SSSR count). The summed E-state index contributed by atoms with van der Waals surface area (Å²) in [5, 5.41) is 4.21. The summed E-state index contributed by atoms with van der Waals surface area (Å²) in [6.45, 7) is -0.579. The van der Waals surface area contributed by atoms with Crippen LogP contribution in [0.5, 0.6) is 5.75 Å². The van der Waals surface area contributed by atoms with Crippen molar-refractivity contribution in [1.82, 2.24) is 4.72 Å². The second kappa shape index (κ2) is 9.32. The van der Waals surface area contributed by atoms with Crippen LogP contribution in [0.15, 0.2) is 46.0 Å². The molecule has 0 aliphatic rings. The van der Waals surface area contributed by atoms with Crippen LogP contribution in [0.4, 0.5) is 5.69 Å². The molecule has 2 aromatic rings. The molecule has 1 aromatic heterocycles. The molecule has 0 aliphatic carbocycles. The van der Waals surface area contributed by atoms with Crippen molar-refractivity contribution in [3.8, 4) is 5.75 Å². The maximum Gasteiger partial charge on any atom is 0.307 e. The lowest BCUT2D eigenvalue weighted by molar-refractivity contribution is -0.147. The Balaban J connectivity index is 1.70. The van der Waals surface area contributed by atoms with Crippen LogP contribution in [-0.4, -0.2) is 40.6 Å². The van der Waals surface area contributed by atoms with Crippen molar-refractivity contribution in [2.45, 2.75) is 10.6 Å². The SMILES string of the molecule is COc1cccc(NC(=O)COC(=O)CCNS(=O)(=O)c2cccs2)c1. The van der Waals surface area contributed by atoms with E-state index in [-0.39, 0.29) is 17.2 Å². The van der Waals surface area contributed by atoms with E-state index in [1.807, 2.05) is 0 Å². The van der Waals surface area contributed by atoms with E-state index in [1.165, 1.54) is 13.2 Å². The summed E-state index contributed by atoms with van der Waals surface area (Å²) in [4.78, 5) is 23.4. The highest BCUT2D eigenvalue weighted by Crippen LogP contribution is 2.16. The quantitative estimate of drug-likeness (QED) is 0.621. The Labute approximate surface area is 155 Å². The number of carbonyl (C=O) groups is 2. The average Bonchev–Trinajstić information content (AvgIpc) is 3.15. The summed E-state index contributed by atoms with van der Waals surface area (Å²) in [5.74, 6) is -0.608. The number of amides is 1. The molecule has 26 heavy (non-hydrogen) atoms. The number of esters is 1. The van der Waals surface area contributed by atoms with Gasteiger partial charge in [0.05, 0.1) is 13.5 Å². The Morgan fingerprint density at radius 1 is 1.19 bits per heavy atom. The Morgan fingerprint density at radius 3 is 2.69 bits per heavy atom. The lowest BCUT2D eigenvalue weighted by Crippen LogP contribution is -2.27. The van der Waals surface area contributed by atoms with Crippen LogP contribution in [0.25, 0.3) is 0 Å². The maximum absolute atomic E-state index is 11.9. The normalized spacial score (nSPS) is 11.0. The Bertz CT molecular complexity index is 849. The van der Waals surface area contributed by atoms with Crippen LogP contribution in [0.1, 0.15) is 6.42 Å². The van der Waals surface area contributed by atoms with Gasteiger partial charge in [-0.1, -0.05) is 12.1 Å². The molecule has 0 saturated carbocycles. The number of carbonyl (C=O) groups excluding carboxylic acids is 2. The number of sulfonamides is 1. The first-order valence-electron chi connectivity index (χ1n) is 7.53. The molecule has 1 aromatic carbocycles. The summed E-state index contributed by atoms with van der Waals surface area (Å²) in [6.07, 6.45) is -0.183. The van der Waals surface area contributed by atoms with Crippen LogP contribution in [0.3, 0.4) is 0 Å². The van der Waals surface area contributed by atoms with Gasteiger partial charge >= 0.3 is 5.97 Å². The molecule has 0 saturated heterocycles. The number of ether oxygens (including phenoxy) is 2. The van der Waals surface area contributed by atoms with Gasteiger partial charge in [-0.25, -0.2) is 13.1 Å². The molecule has 0 fully saturated rings. The predicted molar refractivity (Wildman–Crippen MR) is 96.7 cm³/mol. The van der Waals surface area contributed by atoms with Gasteiger partial charge in [0, 0.05) is 18.3 Å². The van der Waals surface area contributed by atoms with E-state index >= 15 is 0 Å². The Kier molecular flexibility index (Phi) is 7.13. The van der Waals surface area contributed by atoms with Gasteiger partial charge in [0.25, 0.3) is 5.91 Å². The first kappa shape index (κ1) is 19.9. The number of thiophene rings is 1. The number of benzene rings is 1. The van der Waals surface area contributed by atoms with Crippen molar-refractivity contribution >= 4 is 38.9 Å². The third-order valence-corrected chi connectivity index (χ3v) is 5.96. The van der Waals surface area contributed by atoms with E-state index < -0.39 is 28.5 Å². The molecule has 2 N–H and O–H groups in total. The van der Waals surface area contributed by atoms with Crippen LogP contribution in [0, 0.1) is 0 Å². The standard InChI is InChI=1S/C16H18N2O6S2/c1-23-13-5-2-4-12(10-13)18-14(19)11-24-15(20)7-8-17-26(21,22)16-6-3-9-25-16/h2-6,9-10,17H,7-8,11H2,1H3,(H,18,19). The van der Waals surface area contributed by atoms with Crippen LogP contribution in [-0.2, 0) is 24.3 Å². The number of rotatable bonds is 9. The second-order valence-electron chi connectivity index (χ2n) is 5.02. The van der Waals surface area contributed by atoms with E-state index in [0.29, 0.717) is 11.4 Å². The zero-order valence-corrected chi connectivity index (χ0v) is 15.6.